The van der Waals surface area contributed by atoms with Gasteiger partial charge in [-0.15, -0.1) is 11.3 Å². The fourth-order valence-electron chi connectivity index (χ4n) is 3.89. The molecule has 3 heterocycles. The van der Waals surface area contributed by atoms with Crippen LogP contribution in [0.2, 0.25) is 0 Å². The minimum Gasteiger partial charge on any atom is -0.365 e. The van der Waals surface area contributed by atoms with Gasteiger partial charge in [0.15, 0.2) is 5.82 Å². The third-order valence-electron chi connectivity index (χ3n) is 5.17. The molecule has 9 heteroatoms. The average molecular weight is 452 g/mol. The molecule has 0 fully saturated rings. The van der Waals surface area contributed by atoms with Crippen LogP contribution in [-0.4, -0.2) is 29.6 Å². The van der Waals surface area contributed by atoms with Crippen LogP contribution >= 0.6 is 11.3 Å². The van der Waals surface area contributed by atoms with Gasteiger partial charge in [0.25, 0.3) is 0 Å². The van der Waals surface area contributed by atoms with E-state index in [4.69, 9.17) is 9.97 Å². The number of pyridine rings is 1. The summed E-state index contributed by atoms with van der Waals surface area (Å²) in [6.45, 7) is 0.516. The normalized spacial score (nSPS) is 13.3. The molecule has 0 spiro atoms. The van der Waals surface area contributed by atoms with Gasteiger partial charge in [0.2, 0.25) is 10.0 Å². The number of aryl methyl sites for hydroxylation is 2. The lowest BCUT2D eigenvalue weighted by molar-refractivity contribution is 0.607. The highest BCUT2D eigenvalue weighted by molar-refractivity contribution is 7.92. The molecule has 0 bridgehead atoms. The van der Waals surface area contributed by atoms with Crippen LogP contribution < -0.4 is 10.0 Å². The minimum atomic E-state index is -3.32. The van der Waals surface area contributed by atoms with Crippen LogP contribution in [0.5, 0.6) is 0 Å². The van der Waals surface area contributed by atoms with Gasteiger partial charge in [0, 0.05) is 35.1 Å². The molecule has 5 rings (SSSR count). The van der Waals surface area contributed by atoms with E-state index in [0.29, 0.717) is 18.1 Å². The van der Waals surface area contributed by atoms with Crippen LogP contribution in [0, 0.1) is 0 Å². The van der Waals surface area contributed by atoms with E-state index < -0.39 is 10.0 Å². The van der Waals surface area contributed by atoms with E-state index in [0.717, 1.165) is 46.3 Å². The monoisotopic (exact) mass is 451 g/mol. The Kier molecular flexibility index (Phi) is 5.07. The second-order valence-electron chi connectivity index (χ2n) is 7.60. The van der Waals surface area contributed by atoms with Crippen molar-refractivity contribution in [2.24, 2.45) is 0 Å². The van der Waals surface area contributed by atoms with Gasteiger partial charge in [0.1, 0.15) is 10.6 Å². The number of sulfonamides is 1. The highest BCUT2D eigenvalue weighted by Crippen LogP contribution is 2.40. The van der Waals surface area contributed by atoms with Gasteiger partial charge in [0.05, 0.1) is 11.6 Å². The van der Waals surface area contributed by atoms with Crippen LogP contribution in [-0.2, 0) is 29.4 Å². The van der Waals surface area contributed by atoms with Crippen molar-refractivity contribution < 1.29 is 8.42 Å². The Morgan fingerprint density at radius 1 is 1.13 bits per heavy atom. The van der Waals surface area contributed by atoms with Crippen LogP contribution in [0.3, 0.4) is 0 Å². The Hall–Kier alpha value is -3.04. The van der Waals surface area contributed by atoms with E-state index in [1.165, 1.54) is 16.9 Å². The Labute approximate surface area is 184 Å². The van der Waals surface area contributed by atoms with Crippen molar-refractivity contribution in [1.29, 1.82) is 0 Å². The summed E-state index contributed by atoms with van der Waals surface area (Å²) in [5, 5.41) is 4.58. The maximum absolute atomic E-state index is 11.5. The van der Waals surface area contributed by atoms with Crippen molar-refractivity contribution in [3.05, 3.63) is 64.8 Å². The van der Waals surface area contributed by atoms with E-state index in [9.17, 15) is 8.42 Å². The Balaban J connectivity index is 1.51. The first kappa shape index (κ1) is 19.9. The molecular weight excluding hydrogens is 430 g/mol. The number of anilines is 2. The van der Waals surface area contributed by atoms with Crippen molar-refractivity contribution in [2.75, 3.05) is 16.3 Å². The first-order chi connectivity index (χ1) is 15.0. The lowest BCUT2D eigenvalue weighted by Gasteiger charge is -2.11. The SMILES string of the molecule is CS(=O)(=O)Nc1cccc(CNc2nc(-c3cccnc3)nc3sc4c(c23)CCC4)c1. The molecule has 2 N–H and O–H groups in total. The number of hydrogen-bond acceptors (Lipinski definition) is 7. The largest absolute Gasteiger partial charge is 0.365 e. The van der Waals surface area contributed by atoms with Crippen LogP contribution in [0.15, 0.2) is 48.8 Å². The molecule has 0 aliphatic heterocycles. The second kappa shape index (κ2) is 7.90. The van der Waals surface area contributed by atoms with Crippen molar-refractivity contribution in [3.8, 4) is 11.4 Å². The number of rotatable bonds is 6. The lowest BCUT2D eigenvalue weighted by atomic mass is 10.1. The second-order valence-corrected chi connectivity index (χ2v) is 10.4. The summed E-state index contributed by atoms with van der Waals surface area (Å²) in [6.07, 6.45) is 7.96. The number of nitrogens with zero attached hydrogens (tertiary/aromatic N) is 3. The molecule has 1 aliphatic carbocycles. The molecule has 0 radical (unpaired) electrons. The maximum atomic E-state index is 11.5. The van der Waals surface area contributed by atoms with Gasteiger partial charge in [-0.05, 0) is 54.7 Å². The molecule has 0 saturated carbocycles. The van der Waals surface area contributed by atoms with E-state index in [-0.39, 0.29) is 0 Å². The quantitative estimate of drug-likeness (QED) is 0.455. The van der Waals surface area contributed by atoms with Crippen molar-refractivity contribution in [2.45, 2.75) is 25.8 Å². The number of benzene rings is 1. The van der Waals surface area contributed by atoms with E-state index in [1.54, 1.807) is 29.8 Å². The van der Waals surface area contributed by atoms with Crippen LogP contribution in [0.25, 0.3) is 21.6 Å². The topological polar surface area (TPSA) is 96.9 Å². The zero-order chi connectivity index (χ0) is 21.4. The molecule has 0 atom stereocenters. The number of nitrogens with one attached hydrogen (secondary N) is 2. The Morgan fingerprint density at radius 3 is 2.84 bits per heavy atom. The molecule has 0 amide bonds. The molecule has 3 aromatic heterocycles. The molecule has 158 valence electrons. The Morgan fingerprint density at radius 2 is 2.03 bits per heavy atom. The summed E-state index contributed by atoms with van der Waals surface area (Å²) in [5.74, 6) is 1.46. The standard InChI is InChI=1S/C22H21N5O2S2/c1-31(28,29)27-16-7-2-5-14(11-16)12-24-21-19-17-8-3-9-18(17)30-22(19)26-20(25-21)15-6-4-10-23-13-15/h2,4-7,10-11,13,27H,3,8-9,12H2,1H3,(H,24,25,26). The summed E-state index contributed by atoms with van der Waals surface area (Å²) < 4.78 is 25.6. The number of hydrogen-bond donors (Lipinski definition) is 2. The van der Waals surface area contributed by atoms with Gasteiger partial charge in [-0.3, -0.25) is 9.71 Å². The minimum absolute atomic E-state index is 0.516. The highest BCUT2D eigenvalue weighted by Gasteiger charge is 2.22. The Bertz CT molecular complexity index is 1370. The summed E-state index contributed by atoms with van der Waals surface area (Å²) in [5.41, 5.74) is 3.73. The molecule has 1 aromatic carbocycles. The predicted molar refractivity (Wildman–Crippen MR) is 125 cm³/mol. The zero-order valence-electron chi connectivity index (χ0n) is 16.9. The van der Waals surface area contributed by atoms with Crippen molar-refractivity contribution >= 4 is 43.1 Å². The first-order valence-electron chi connectivity index (χ1n) is 9.99. The third kappa shape index (κ3) is 4.24. The molecule has 7 nitrogen and oxygen atoms in total. The molecule has 31 heavy (non-hydrogen) atoms. The summed E-state index contributed by atoms with van der Waals surface area (Å²) in [6, 6.07) is 11.2. The zero-order valence-corrected chi connectivity index (χ0v) is 18.6. The number of aromatic nitrogens is 3. The predicted octanol–water partition coefficient (Wildman–Crippen LogP) is 4.23. The van der Waals surface area contributed by atoms with E-state index in [2.05, 4.69) is 15.0 Å². The lowest BCUT2D eigenvalue weighted by Crippen LogP contribution is -2.10. The summed E-state index contributed by atoms with van der Waals surface area (Å²) >= 11 is 1.75. The van der Waals surface area contributed by atoms with Crippen LogP contribution in [0.1, 0.15) is 22.4 Å². The molecule has 0 unspecified atom stereocenters. The smallest absolute Gasteiger partial charge is 0.229 e. The van der Waals surface area contributed by atoms with Crippen LogP contribution in [0.4, 0.5) is 11.5 Å². The highest BCUT2D eigenvalue weighted by atomic mass is 32.2. The van der Waals surface area contributed by atoms with Gasteiger partial charge < -0.3 is 5.32 Å². The maximum Gasteiger partial charge on any atom is 0.229 e. The van der Waals surface area contributed by atoms with E-state index >= 15 is 0 Å². The van der Waals surface area contributed by atoms with Crippen molar-refractivity contribution in [1.82, 2.24) is 15.0 Å². The number of thiophene rings is 1. The van der Waals surface area contributed by atoms with Crippen molar-refractivity contribution in [3.63, 3.8) is 0 Å². The fourth-order valence-corrected chi connectivity index (χ4v) is 5.71. The van der Waals surface area contributed by atoms with Gasteiger partial charge in [-0.2, -0.15) is 0 Å². The van der Waals surface area contributed by atoms with Gasteiger partial charge >= 0.3 is 0 Å². The fraction of sp³-hybridized carbons (Fsp3) is 0.227. The molecular formula is C22H21N5O2S2. The average Bonchev–Trinajstić information content (AvgIpc) is 3.32. The molecule has 4 aromatic rings. The van der Waals surface area contributed by atoms with Gasteiger partial charge in [-0.1, -0.05) is 12.1 Å². The first-order valence-corrected chi connectivity index (χ1v) is 12.7. The molecule has 0 saturated heterocycles. The molecule has 1 aliphatic rings. The summed E-state index contributed by atoms with van der Waals surface area (Å²) in [4.78, 5) is 16.3. The number of fused-ring (bicyclic) bond motifs is 3. The van der Waals surface area contributed by atoms with Gasteiger partial charge in [-0.25, -0.2) is 18.4 Å². The third-order valence-corrected chi connectivity index (χ3v) is 6.97. The van der Waals surface area contributed by atoms with E-state index in [1.807, 2.05) is 30.3 Å². The summed E-state index contributed by atoms with van der Waals surface area (Å²) in [7, 11) is -3.32.